The zero-order chi connectivity index (χ0) is 24.6. The number of rotatable bonds is 17. The highest BCUT2D eigenvalue weighted by molar-refractivity contribution is 7.49. The van der Waals surface area contributed by atoms with Crippen molar-refractivity contribution in [2.24, 2.45) is 0 Å². The minimum absolute atomic E-state index is 0.146. The SMILES string of the molecule is C#CCOC(=O)C(OP(=O)(OCC)OCC)C(OP(=O)(OCC)OCC)C(=O)OCC#C. The Bertz CT molecular complexity index is 685. The molecule has 0 radical (unpaired) electrons. The Morgan fingerprint density at radius 1 is 0.688 bits per heavy atom. The molecule has 32 heavy (non-hydrogen) atoms. The highest BCUT2D eigenvalue weighted by atomic mass is 31.2. The average molecular weight is 498 g/mol. The summed E-state index contributed by atoms with van der Waals surface area (Å²) in [5, 5.41) is 0. The van der Waals surface area contributed by atoms with Gasteiger partial charge in [0.1, 0.15) is 0 Å². The third-order valence-electron chi connectivity index (χ3n) is 2.97. The van der Waals surface area contributed by atoms with Crippen LogP contribution in [0, 0.1) is 24.7 Å². The lowest BCUT2D eigenvalue weighted by Crippen LogP contribution is -2.45. The van der Waals surface area contributed by atoms with Crippen LogP contribution in [0.2, 0.25) is 0 Å². The monoisotopic (exact) mass is 498 g/mol. The lowest BCUT2D eigenvalue weighted by Gasteiger charge is -2.28. The minimum Gasteiger partial charge on any atom is -0.450 e. The van der Waals surface area contributed by atoms with Gasteiger partial charge >= 0.3 is 27.6 Å². The highest BCUT2D eigenvalue weighted by Gasteiger charge is 2.48. The first kappa shape index (κ1) is 30.3. The molecule has 0 N–H and O–H groups in total. The summed E-state index contributed by atoms with van der Waals surface area (Å²) in [7, 11) is -8.86. The van der Waals surface area contributed by atoms with Gasteiger partial charge in [-0.2, -0.15) is 0 Å². The fourth-order valence-electron chi connectivity index (χ4n) is 1.94. The highest BCUT2D eigenvalue weighted by Crippen LogP contribution is 2.54. The van der Waals surface area contributed by atoms with Gasteiger partial charge in [0.15, 0.2) is 13.2 Å². The molecule has 0 heterocycles. The fourth-order valence-corrected chi connectivity index (χ4v) is 4.55. The van der Waals surface area contributed by atoms with Crippen molar-refractivity contribution in [3.63, 3.8) is 0 Å². The molecule has 0 fully saturated rings. The van der Waals surface area contributed by atoms with E-state index in [9.17, 15) is 18.7 Å². The predicted octanol–water partition coefficient (Wildman–Crippen LogP) is 2.47. The molecule has 0 rings (SSSR count). The summed E-state index contributed by atoms with van der Waals surface area (Å²) in [6.45, 7) is 4.27. The van der Waals surface area contributed by atoms with Gasteiger partial charge in [-0.15, -0.1) is 12.8 Å². The maximum Gasteiger partial charge on any atom is 0.475 e. The van der Waals surface area contributed by atoms with Crippen molar-refractivity contribution in [3.05, 3.63) is 0 Å². The Morgan fingerprint density at radius 2 is 0.969 bits per heavy atom. The van der Waals surface area contributed by atoms with E-state index >= 15 is 0 Å². The molecule has 0 aromatic carbocycles. The number of carbonyl (C=O) groups is 2. The van der Waals surface area contributed by atoms with Crippen LogP contribution in [-0.2, 0) is 55.3 Å². The van der Waals surface area contributed by atoms with E-state index in [0.717, 1.165) is 0 Å². The minimum atomic E-state index is -4.43. The van der Waals surface area contributed by atoms with Gasteiger partial charge in [0.2, 0.25) is 12.2 Å². The summed E-state index contributed by atoms with van der Waals surface area (Å²) >= 11 is 0. The lowest BCUT2D eigenvalue weighted by molar-refractivity contribution is -0.170. The lowest BCUT2D eigenvalue weighted by atomic mass is 10.2. The van der Waals surface area contributed by atoms with Crippen molar-refractivity contribution in [2.75, 3.05) is 39.6 Å². The Morgan fingerprint density at radius 3 is 1.19 bits per heavy atom. The van der Waals surface area contributed by atoms with Gasteiger partial charge in [0.25, 0.3) is 0 Å². The first-order chi connectivity index (χ1) is 15.2. The standard InChI is InChI=1S/C18H28O12P2/c1-7-13-23-17(19)15(29-31(21,25-9-3)26-10-4)16(18(20)24-14-8-2)30-32(22,27-11-5)28-12-6/h1-2,15-16H,9-14H2,3-6H3. The second-order valence-electron chi connectivity index (χ2n) is 5.24. The van der Waals surface area contributed by atoms with Crippen molar-refractivity contribution >= 4 is 27.6 Å². The molecule has 2 atom stereocenters. The topological polar surface area (TPSA) is 142 Å². The maximum absolute atomic E-state index is 12.9. The van der Waals surface area contributed by atoms with Crippen LogP contribution >= 0.6 is 15.6 Å². The summed E-state index contributed by atoms with van der Waals surface area (Å²) in [6.07, 6.45) is 5.81. The van der Waals surface area contributed by atoms with E-state index in [1.807, 2.05) is 11.8 Å². The average Bonchev–Trinajstić information content (AvgIpc) is 2.73. The summed E-state index contributed by atoms with van der Waals surface area (Å²) in [6, 6.07) is 0. The number of ether oxygens (including phenoxy) is 2. The molecule has 0 aromatic rings. The number of phosphoric ester groups is 2. The Hall–Kier alpha value is -1.72. The van der Waals surface area contributed by atoms with Crippen LogP contribution in [0.3, 0.4) is 0 Å². The van der Waals surface area contributed by atoms with Gasteiger partial charge in [-0.25, -0.2) is 18.7 Å². The molecule has 2 unspecified atom stereocenters. The number of esters is 2. The molecule has 0 saturated carbocycles. The molecule has 0 aromatic heterocycles. The molecule has 0 saturated heterocycles. The summed E-state index contributed by atoms with van der Waals surface area (Å²) in [5.74, 6) is 1.45. The maximum atomic E-state index is 12.9. The Kier molecular flexibility index (Phi) is 15.1. The third-order valence-corrected chi connectivity index (χ3v) is 6.24. The predicted molar refractivity (Wildman–Crippen MR) is 111 cm³/mol. The molecule has 0 bridgehead atoms. The van der Waals surface area contributed by atoms with Gasteiger partial charge in [-0.1, -0.05) is 11.8 Å². The van der Waals surface area contributed by atoms with Crippen molar-refractivity contribution in [1.29, 1.82) is 0 Å². The van der Waals surface area contributed by atoms with E-state index in [2.05, 4.69) is 0 Å². The molecule has 0 aliphatic heterocycles. The van der Waals surface area contributed by atoms with E-state index in [4.69, 9.17) is 49.5 Å². The van der Waals surface area contributed by atoms with Crippen LogP contribution in [0.4, 0.5) is 0 Å². The number of phosphoric acid groups is 2. The number of hydrogen-bond donors (Lipinski definition) is 0. The quantitative estimate of drug-likeness (QED) is 0.165. The zero-order valence-electron chi connectivity index (χ0n) is 18.3. The number of terminal acetylenes is 2. The van der Waals surface area contributed by atoms with Crippen LogP contribution in [0.5, 0.6) is 0 Å². The molecule has 0 aliphatic carbocycles. The molecular weight excluding hydrogens is 470 g/mol. The van der Waals surface area contributed by atoms with Crippen LogP contribution in [0.25, 0.3) is 0 Å². The molecule has 14 heteroatoms. The molecule has 0 spiro atoms. The first-order valence-corrected chi connectivity index (χ1v) is 12.4. The van der Waals surface area contributed by atoms with Gasteiger partial charge < -0.3 is 9.47 Å². The van der Waals surface area contributed by atoms with Gasteiger partial charge in [-0.05, 0) is 27.7 Å². The largest absolute Gasteiger partial charge is 0.475 e. The van der Waals surface area contributed by atoms with Crippen molar-refractivity contribution in [1.82, 2.24) is 0 Å². The third kappa shape index (κ3) is 10.7. The number of hydrogen-bond acceptors (Lipinski definition) is 12. The smallest absolute Gasteiger partial charge is 0.450 e. The summed E-state index contributed by atoms with van der Waals surface area (Å²) in [4.78, 5) is 25.3. The molecule has 0 aliphatic rings. The van der Waals surface area contributed by atoms with Gasteiger partial charge in [-0.3, -0.25) is 27.1 Å². The normalized spacial score (nSPS) is 13.4. The van der Waals surface area contributed by atoms with E-state index in [1.165, 1.54) is 27.7 Å². The van der Waals surface area contributed by atoms with Gasteiger partial charge in [0.05, 0.1) is 26.4 Å². The second-order valence-corrected chi connectivity index (χ2v) is 8.48. The Labute approximate surface area is 187 Å². The van der Waals surface area contributed by atoms with E-state index in [-0.39, 0.29) is 26.4 Å². The van der Waals surface area contributed by atoms with Gasteiger partial charge in [0, 0.05) is 0 Å². The number of carbonyl (C=O) groups excluding carboxylic acids is 2. The molecule has 12 nitrogen and oxygen atoms in total. The van der Waals surface area contributed by atoms with Crippen LogP contribution in [0.15, 0.2) is 0 Å². The molecule has 0 amide bonds. The molecular formula is C18H28O12P2. The fraction of sp³-hybridized carbons (Fsp3) is 0.667. The molecule has 182 valence electrons. The van der Waals surface area contributed by atoms with Crippen LogP contribution in [-0.4, -0.2) is 63.8 Å². The summed E-state index contributed by atoms with van der Waals surface area (Å²) < 4.78 is 65.7. The van der Waals surface area contributed by atoms with Crippen LogP contribution < -0.4 is 0 Å². The van der Waals surface area contributed by atoms with E-state index in [1.54, 1.807) is 0 Å². The van der Waals surface area contributed by atoms with Crippen molar-refractivity contribution < 1.29 is 55.3 Å². The zero-order valence-corrected chi connectivity index (χ0v) is 20.1. The first-order valence-electron chi connectivity index (χ1n) is 9.50. The van der Waals surface area contributed by atoms with Crippen LogP contribution in [0.1, 0.15) is 27.7 Å². The van der Waals surface area contributed by atoms with E-state index in [0.29, 0.717) is 0 Å². The second kappa shape index (κ2) is 16.0. The van der Waals surface area contributed by atoms with E-state index < -0.39 is 53.0 Å². The summed E-state index contributed by atoms with van der Waals surface area (Å²) in [5.41, 5.74) is 0. The van der Waals surface area contributed by atoms with Crippen molar-refractivity contribution in [2.45, 2.75) is 39.9 Å². The Balaban J connectivity index is 6.34. The van der Waals surface area contributed by atoms with Crippen molar-refractivity contribution in [3.8, 4) is 24.7 Å².